The number of hydrogen-bond acceptors (Lipinski definition) is 5. The summed E-state index contributed by atoms with van der Waals surface area (Å²) >= 11 is 0. The molecule has 1 amide bonds. The number of amides is 1. The Morgan fingerprint density at radius 2 is 2.18 bits per heavy atom. The summed E-state index contributed by atoms with van der Waals surface area (Å²) in [5, 5.41) is 11.6. The first-order valence-corrected chi connectivity index (χ1v) is 7.47. The number of imidazole rings is 1. The third-order valence-electron chi connectivity index (χ3n) is 3.47. The van der Waals surface area contributed by atoms with Crippen LogP contribution in [-0.2, 0) is 22.6 Å². The first kappa shape index (κ1) is 18.1. The zero-order valence-corrected chi connectivity index (χ0v) is 12.9. The third kappa shape index (κ3) is 5.45. The van der Waals surface area contributed by atoms with E-state index in [0.29, 0.717) is 25.8 Å². The Balaban J connectivity index is 2.55. The summed E-state index contributed by atoms with van der Waals surface area (Å²) in [6.45, 7) is 3.20. The van der Waals surface area contributed by atoms with Gasteiger partial charge in [-0.15, -0.1) is 0 Å². The van der Waals surface area contributed by atoms with Crippen molar-refractivity contribution in [2.45, 2.75) is 51.2 Å². The van der Waals surface area contributed by atoms with Crippen molar-refractivity contribution in [3.63, 3.8) is 0 Å². The van der Waals surface area contributed by atoms with E-state index in [2.05, 4.69) is 10.3 Å². The van der Waals surface area contributed by atoms with Crippen LogP contribution in [0.5, 0.6) is 0 Å². The summed E-state index contributed by atoms with van der Waals surface area (Å²) < 4.78 is 1.89. The van der Waals surface area contributed by atoms with Crippen molar-refractivity contribution in [2.75, 3.05) is 6.54 Å². The number of rotatable bonds is 10. The van der Waals surface area contributed by atoms with Crippen molar-refractivity contribution in [2.24, 2.45) is 11.5 Å². The van der Waals surface area contributed by atoms with Gasteiger partial charge in [0.2, 0.25) is 5.91 Å². The van der Waals surface area contributed by atoms with E-state index in [4.69, 9.17) is 16.6 Å². The number of nitrogens with zero attached hydrogens (tertiary/aromatic N) is 2. The van der Waals surface area contributed by atoms with E-state index in [1.165, 1.54) is 0 Å². The van der Waals surface area contributed by atoms with E-state index in [1.54, 1.807) is 12.5 Å². The van der Waals surface area contributed by atoms with Gasteiger partial charge in [-0.3, -0.25) is 4.79 Å². The van der Waals surface area contributed by atoms with Crippen LogP contribution in [0.25, 0.3) is 0 Å². The second-order valence-electron chi connectivity index (χ2n) is 5.17. The van der Waals surface area contributed by atoms with Crippen LogP contribution in [0.2, 0.25) is 0 Å². The highest BCUT2D eigenvalue weighted by atomic mass is 16.4. The Hall–Kier alpha value is -1.93. The minimum Gasteiger partial charge on any atom is -0.480 e. The van der Waals surface area contributed by atoms with Gasteiger partial charge in [0.25, 0.3) is 0 Å². The van der Waals surface area contributed by atoms with Gasteiger partial charge in [0.1, 0.15) is 6.04 Å². The lowest BCUT2D eigenvalue weighted by molar-refractivity contribution is -0.142. The van der Waals surface area contributed by atoms with Gasteiger partial charge >= 0.3 is 5.97 Å². The average Bonchev–Trinajstić information content (AvgIpc) is 2.93. The molecule has 0 bridgehead atoms. The Bertz CT molecular complexity index is 489. The number of carbonyl (C=O) groups excluding carboxylic acids is 1. The Labute approximate surface area is 129 Å². The molecule has 0 aliphatic carbocycles. The molecule has 8 nitrogen and oxygen atoms in total. The van der Waals surface area contributed by atoms with Gasteiger partial charge in [0, 0.05) is 24.9 Å². The second-order valence-corrected chi connectivity index (χ2v) is 5.17. The summed E-state index contributed by atoms with van der Waals surface area (Å²) in [7, 11) is 0. The standard InChI is InChI=1S/C14H25N5O3/c1-2-19-9-17-8-10(19)7-11(16)13(20)18-12(14(21)22)5-3-4-6-15/h8-9,11-12H,2-7,15-16H2,1H3,(H,18,20)(H,21,22)/t11-,12-/m0/s1. The van der Waals surface area contributed by atoms with E-state index in [9.17, 15) is 9.59 Å². The lowest BCUT2D eigenvalue weighted by Crippen LogP contribution is -2.49. The monoisotopic (exact) mass is 311 g/mol. The highest BCUT2D eigenvalue weighted by Gasteiger charge is 2.23. The van der Waals surface area contributed by atoms with Gasteiger partial charge < -0.3 is 26.5 Å². The van der Waals surface area contributed by atoms with Gasteiger partial charge in [-0.2, -0.15) is 0 Å². The predicted octanol–water partition coefficient (Wildman–Crippen LogP) is -0.529. The fourth-order valence-corrected chi connectivity index (χ4v) is 2.15. The molecule has 1 heterocycles. The maximum atomic E-state index is 12.1. The molecule has 0 aliphatic heterocycles. The first-order valence-electron chi connectivity index (χ1n) is 7.47. The van der Waals surface area contributed by atoms with Gasteiger partial charge in [-0.25, -0.2) is 9.78 Å². The molecule has 0 unspecified atom stereocenters. The Kier molecular flexibility index (Phi) is 7.55. The number of aromatic nitrogens is 2. The number of aliphatic carboxylic acids is 1. The fourth-order valence-electron chi connectivity index (χ4n) is 2.15. The normalized spacial score (nSPS) is 13.6. The highest BCUT2D eigenvalue weighted by Crippen LogP contribution is 2.05. The molecule has 124 valence electrons. The van der Waals surface area contributed by atoms with Gasteiger partial charge in [0.15, 0.2) is 0 Å². The summed E-state index contributed by atoms with van der Waals surface area (Å²) in [4.78, 5) is 27.2. The molecule has 1 aromatic rings. The molecule has 1 rings (SSSR count). The zero-order chi connectivity index (χ0) is 16.5. The molecule has 0 spiro atoms. The number of carbonyl (C=O) groups is 2. The van der Waals surface area contributed by atoms with Crippen molar-refractivity contribution in [1.29, 1.82) is 0 Å². The molecule has 2 atom stereocenters. The molecule has 0 aliphatic rings. The quantitative estimate of drug-likeness (QED) is 0.429. The molecule has 8 heteroatoms. The molecule has 0 aromatic carbocycles. The molecule has 1 aromatic heterocycles. The topological polar surface area (TPSA) is 136 Å². The van der Waals surface area contributed by atoms with Crippen LogP contribution in [0, 0.1) is 0 Å². The molecule has 22 heavy (non-hydrogen) atoms. The lowest BCUT2D eigenvalue weighted by atomic mass is 10.1. The number of hydrogen-bond donors (Lipinski definition) is 4. The number of nitrogens with two attached hydrogens (primary N) is 2. The van der Waals surface area contributed by atoms with E-state index < -0.39 is 24.0 Å². The second kappa shape index (κ2) is 9.16. The molecule has 0 saturated carbocycles. The van der Waals surface area contributed by atoms with Gasteiger partial charge in [-0.1, -0.05) is 0 Å². The summed E-state index contributed by atoms with van der Waals surface area (Å²) in [5.74, 6) is -1.53. The smallest absolute Gasteiger partial charge is 0.326 e. The maximum Gasteiger partial charge on any atom is 0.326 e. The minimum atomic E-state index is -1.06. The van der Waals surface area contributed by atoms with Gasteiger partial charge in [0.05, 0.1) is 12.4 Å². The van der Waals surface area contributed by atoms with E-state index in [-0.39, 0.29) is 0 Å². The summed E-state index contributed by atoms with van der Waals surface area (Å²) in [6.07, 6.45) is 5.36. The molecule has 0 radical (unpaired) electrons. The van der Waals surface area contributed by atoms with Crippen LogP contribution < -0.4 is 16.8 Å². The predicted molar refractivity (Wildman–Crippen MR) is 82.1 cm³/mol. The Morgan fingerprint density at radius 1 is 1.45 bits per heavy atom. The van der Waals surface area contributed by atoms with Crippen LogP contribution >= 0.6 is 0 Å². The van der Waals surface area contributed by atoms with E-state index in [0.717, 1.165) is 18.7 Å². The zero-order valence-electron chi connectivity index (χ0n) is 12.9. The van der Waals surface area contributed by atoms with Crippen LogP contribution in [0.4, 0.5) is 0 Å². The van der Waals surface area contributed by atoms with Crippen LogP contribution in [-0.4, -0.2) is 45.2 Å². The number of carboxylic acids is 1. The van der Waals surface area contributed by atoms with Crippen LogP contribution in [0.15, 0.2) is 12.5 Å². The molecular formula is C14H25N5O3. The van der Waals surface area contributed by atoms with Gasteiger partial charge in [-0.05, 0) is 32.7 Å². The third-order valence-corrected chi connectivity index (χ3v) is 3.47. The average molecular weight is 311 g/mol. The summed E-state index contributed by atoms with van der Waals surface area (Å²) in [5.41, 5.74) is 12.1. The number of aryl methyl sites for hydroxylation is 1. The van der Waals surface area contributed by atoms with Crippen molar-refractivity contribution >= 4 is 11.9 Å². The van der Waals surface area contributed by atoms with Crippen molar-refractivity contribution < 1.29 is 14.7 Å². The number of carboxylic acid groups (broad SMARTS) is 1. The van der Waals surface area contributed by atoms with Crippen molar-refractivity contribution in [1.82, 2.24) is 14.9 Å². The number of unbranched alkanes of at least 4 members (excludes halogenated alkanes) is 1. The molecule has 0 saturated heterocycles. The molecule has 0 fully saturated rings. The maximum absolute atomic E-state index is 12.1. The first-order chi connectivity index (χ1) is 10.5. The van der Waals surface area contributed by atoms with Crippen LogP contribution in [0.1, 0.15) is 31.9 Å². The highest BCUT2D eigenvalue weighted by molar-refractivity contribution is 5.86. The lowest BCUT2D eigenvalue weighted by Gasteiger charge is -2.18. The Morgan fingerprint density at radius 3 is 2.77 bits per heavy atom. The van der Waals surface area contributed by atoms with Crippen LogP contribution in [0.3, 0.4) is 0 Å². The number of nitrogens with one attached hydrogen (secondary N) is 1. The minimum absolute atomic E-state index is 0.314. The molecule has 6 N–H and O–H groups in total. The summed E-state index contributed by atoms with van der Waals surface area (Å²) in [6, 6.07) is -1.74. The van der Waals surface area contributed by atoms with Crippen molar-refractivity contribution in [3.05, 3.63) is 18.2 Å². The fraction of sp³-hybridized carbons (Fsp3) is 0.643. The SMILES string of the molecule is CCn1cncc1C[C@H](N)C(=O)N[C@@H](CCCCN)C(=O)O. The largest absolute Gasteiger partial charge is 0.480 e. The van der Waals surface area contributed by atoms with E-state index in [1.807, 2.05) is 11.5 Å². The molecular weight excluding hydrogens is 286 g/mol. The van der Waals surface area contributed by atoms with Crippen molar-refractivity contribution in [3.8, 4) is 0 Å². The van der Waals surface area contributed by atoms with E-state index >= 15 is 0 Å².